The highest BCUT2D eigenvalue weighted by Crippen LogP contribution is 2.23. The number of ether oxygens (including phenoxy) is 1. The van der Waals surface area contributed by atoms with Crippen LogP contribution in [0.4, 0.5) is 0 Å². The van der Waals surface area contributed by atoms with E-state index in [1.807, 2.05) is 60.8 Å². The third-order valence-electron chi connectivity index (χ3n) is 3.55. The third kappa shape index (κ3) is 2.11. The van der Waals surface area contributed by atoms with Crippen molar-refractivity contribution in [2.45, 2.75) is 0 Å². The van der Waals surface area contributed by atoms with Crippen molar-refractivity contribution in [2.75, 3.05) is 0 Å². The van der Waals surface area contributed by atoms with E-state index in [1.165, 1.54) is 0 Å². The molecule has 0 radical (unpaired) electrons. The highest BCUT2D eigenvalue weighted by molar-refractivity contribution is 6.13. The third-order valence-corrected chi connectivity index (χ3v) is 3.55. The van der Waals surface area contributed by atoms with Gasteiger partial charge in [-0.2, -0.15) is 0 Å². The zero-order valence-electron chi connectivity index (χ0n) is 11.6. The van der Waals surface area contributed by atoms with Crippen LogP contribution in [0.3, 0.4) is 0 Å². The largest absolute Gasteiger partial charge is 0.402 e. The zero-order valence-corrected chi connectivity index (χ0v) is 11.6. The quantitative estimate of drug-likeness (QED) is 0.579. The lowest BCUT2D eigenvalue weighted by Crippen LogP contribution is -2.04. The molecule has 3 aromatic rings. The number of fused-ring (bicyclic) bond motifs is 1. The molecule has 2 heterocycles. The van der Waals surface area contributed by atoms with E-state index >= 15 is 0 Å². The Kier molecular flexibility index (Phi) is 2.86. The number of carbonyl (C=O) groups is 1. The molecule has 2 aromatic carbocycles. The Morgan fingerprint density at radius 2 is 1.77 bits per heavy atom. The number of nitrogens with one attached hydrogen (secondary N) is 1. The molecule has 22 heavy (non-hydrogen) atoms. The number of hydrogen-bond donors (Lipinski definition) is 1. The molecule has 4 heteroatoms. The van der Waals surface area contributed by atoms with Gasteiger partial charge in [0, 0.05) is 28.2 Å². The number of aromatic nitrogens is 1. The Labute approximate surface area is 126 Å². The van der Waals surface area contributed by atoms with E-state index in [1.54, 1.807) is 6.08 Å². The van der Waals surface area contributed by atoms with Gasteiger partial charge in [0.15, 0.2) is 5.70 Å². The van der Waals surface area contributed by atoms with E-state index in [4.69, 9.17) is 4.74 Å². The number of para-hydroxylation sites is 1. The number of benzene rings is 2. The Balaban J connectivity index is 1.76. The highest BCUT2D eigenvalue weighted by atomic mass is 16.6. The van der Waals surface area contributed by atoms with E-state index in [0.29, 0.717) is 11.6 Å². The molecule has 4 rings (SSSR count). The lowest BCUT2D eigenvalue weighted by Gasteiger charge is -1.97. The Morgan fingerprint density at radius 1 is 1.00 bits per heavy atom. The molecule has 0 amide bonds. The SMILES string of the molecule is O=C1OC(c2ccccc2)=NC1=Cc1c[nH]c2ccccc12. The molecule has 1 aromatic heterocycles. The first-order chi connectivity index (χ1) is 10.8. The topological polar surface area (TPSA) is 54.4 Å². The lowest BCUT2D eigenvalue weighted by molar-refractivity contribution is -0.129. The fourth-order valence-electron chi connectivity index (χ4n) is 2.47. The van der Waals surface area contributed by atoms with Gasteiger partial charge in [0.25, 0.3) is 0 Å². The fraction of sp³-hybridized carbons (Fsp3) is 0. The van der Waals surface area contributed by atoms with E-state index in [-0.39, 0.29) is 0 Å². The van der Waals surface area contributed by atoms with Gasteiger partial charge in [-0.3, -0.25) is 0 Å². The molecule has 0 unspecified atom stereocenters. The average Bonchev–Trinajstić information content (AvgIpc) is 3.13. The summed E-state index contributed by atoms with van der Waals surface area (Å²) < 4.78 is 5.25. The minimum absolute atomic E-state index is 0.309. The molecule has 0 atom stereocenters. The van der Waals surface area contributed by atoms with Gasteiger partial charge >= 0.3 is 5.97 Å². The summed E-state index contributed by atoms with van der Waals surface area (Å²) in [5.74, 6) is -0.0826. The summed E-state index contributed by atoms with van der Waals surface area (Å²) in [5.41, 5.74) is 3.04. The fourth-order valence-corrected chi connectivity index (χ4v) is 2.47. The van der Waals surface area contributed by atoms with Crippen molar-refractivity contribution in [1.82, 2.24) is 4.98 Å². The average molecular weight is 288 g/mol. The van der Waals surface area contributed by atoms with Crippen molar-refractivity contribution < 1.29 is 9.53 Å². The maximum Gasteiger partial charge on any atom is 0.363 e. The normalized spacial score (nSPS) is 16.1. The summed E-state index contributed by atoms with van der Waals surface area (Å²) in [6.07, 6.45) is 3.61. The first kappa shape index (κ1) is 12.6. The van der Waals surface area contributed by atoms with Crippen LogP contribution in [0.1, 0.15) is 11.1 Å². The number of aliphatic imine (C=N–C) groups is 1. The molecular weight excluding hydrogens is 276 g/mol. The zero-order chi connectivity index (χ0) is 14.9. The van der Waals surface area contributed by atoms with Gasteiger partial charge in [-0.1, -0.05) is 36.4 Å². The number of nitrogens with zero attached hydrogens (tertiary/aromatic N) is 1. The molecule has 1 aliphatic heterocycles. The second-order valence-electron chi connectivity index (χ2n) is 4.99. The molecule has 0 spiro atoms. The van der Waals surface area contributed by atoms with Gasteiger partial charge in [0.2, 0.25) is 5.90 Å². The number of rotatable bonds is 2. The smallest absolute Gasteiger partial charge is 0.363 e. The van der Waals surface area contributed by atoms with Gasteiger partial charge < -0.3 is 9.72 Å². The van der Waals surface area contributed by atoms with Crippen LogP contribution in [0.25, 0.3) is 17.0 Å². The van der Waals surface area contributed by atoms with Gasteiger partial charge in [0.05, 0.1) is 0 Å². The molecule has 1 aliphatic rings. The van der Waals surface area contributed by atoms with Gasteiger partial charge in [-0.25, -0.2) is 9.79 Å². The van der Waals surface area contributed by atoms with Gasteiger partial charge in [0.1, 0.15) is 0 Å². The summed E-state index contributed by atoms with van der Waals surface area (Å²) in [5, 5.41) is 1.05. The van der Waals surface area contributed by atoms with Crippen LogP contribution >= 0.6 is 0 Å². The monoisotopic (exact) mass is 288 g/mol. The van der Waals surface area contributed by atoms with E-state index in [0.717, 1.165) is 22.0 Å². The summed E-state index contributed by atoms with van der Waals surface area (Å²) in [6, 6.07) is 17.3. The summed E-state index contributed by atoms with van der Waals surface area (Å²) >= 11 is 0. The van der Waals surface area contributed by atoms with Crippen LogP contribution in [0.5, 0.6) is 0 Å². The Hall–Kier alpha value is -3.14. The lowest BCUT2D eigenvalue weighted by atomic mass is 10.1. The van der Waals surface area contributed by atoms with Crippen LogP contribution in [0, 0.1) is 0 Å². The number of hydrogen-bond acceptors (Lipinski definition) is 3. The maximum atomic E-state index is 12.0. The number of esters is 1. The molecule has 106 valence electrons. The van der Waals surface area contributed by atoms with Crippen molar-refractivity contribution in [3.8, 4) is 0 Å². The van der Waals surface area contributed by atoms with Crippen molar-refractivity contribution in [3.05, 3.63) is 77.6 Å². The van der Waals surface area contributed by atoms with Crippen LogP contribution in [-0.4, -0.2) is 16.9 Å². The van der Waals surface area contributed by atoms with E-state index < -0.39 is 5.97 Å². The second-order valence-corrected chi connectivity index (χ2v) is 4.99. The molecule has 0 saturated heterocycles. The summed E-state index contributed by atoms with van der Waals surface area (Å²) in [4.78, 5) is 19.5. The summed E-state index contributed by atoms with van der Waals surface area (Å²) in [6.45, 7) is 0. The number of cyclic esters (lactones) is 1. The molecule has 4 nitrogen and oxygen atoms in total. The minimum Gasteiger partial charge on any atom is -0.402 e. The first-order valence-electron chi connectivity index (χ1n) is 6.95. The molecular formula is C18H12N2O2. The van der Waals surface area contributed by atoms with Crippen LogP contribution in [0.2, 0.25) is 0 Å². The number of H-pyrrole nitrogens is 1. The molecule has 0 aliphatic carbocycles. The van der Waals surface area contributed by atoms with Crippen LogP contribution < -0.4 is 0 Å². The van der Waals surface area contributed by atoms with Crippen molar-refractivity contribution in [1.29, 1.82) is 0 Å². The highest BCUT2D eigenvalue weighted by Gasteiger charge is 2.24. The van der Waals surface area contributed by atoms with Crippen molar-refractivity contribution >= 4 is 28.8 Å². The van der Waals surface area contributed by atoms with E-state index in [9.17, 15) is 4.79 Å². The number of carbonyl (C=O) groups excluding carboxylic acids is 1. The maximum absolute atomic E-state index is 12.0. The predicted molar refractivity (Wildman–Crippen MR) is 85.3 cm³/mol. The standard InChI is InChI=1S/C18H12N2O2/c21-18-16(20-17(22-18)12-6-2-1-3-7-12)10-13-11-19-15-9-5-4-8-14(13)15/h1-11,19H. The molecule has 0 fully saturated rings. The Morgan fingerprint density at radius 3 is 2.64 bits per heavy atom. The van der Waals surface area contributed by atoms with Crippen molar-refractivity contribution in [2.24, 2.45) is 4.99 Å². The van der Waals surface area contributed by atoms with Gasteiger partial charge in [-0.15, -0.1) is 0 Å². The van der Waals surface area contributed by atoms with Crippen LogP contribution in [0.15, 0.2) is 71.5 Å². The Bertz CT molecular complexity index is 920. The predicted octanol–water partition coefficient (Wildman–Crippen LogP) is 3.51. The molecule has 0 bridgehead atoms. The molecule has 1 N–H and O–H groups in total. The minimum atomic E-state index is -0.427. The number of aromatic amines is 1. The summed E-state index contributed by atoms with van der Waals surface area (Å²) in [7, 11) is 0. The van der Waals surface area contributed by atoms with Gasteiger partial charge in [-0.05, 0) is 24.3 Å². The molecule has 0 saturated carbocycles. The van der Waals surface area contributed by atoms with Crippen molar-refractivity contribution in [3.63, 3.8) is 0 Å². The second kappa shape index (κ2) is 5.00. The van der Waals surface area contributed by atoms with E-state index in [2.05, 4.69) is 9.98 Å². The van der Waals surface area contributed by atoms with Crippen LogP contribution in [-0.2, 0) is 9.53 Å². The first-order valence-corrected chi connectivity index (χ1v) is 6.95.